The van der Waals surface area contributed by atoms with Gasteiger partial charge in [-0.15, -0.1) is 0 Å². The van der Waals surface area contributed by atoms with E-state index in [0.29, 0.717) is 28.4 Å². The van der Waals surface area contributed by atoms with E-state index in [1.807, 2.05) is 26.0 Å². The highest BCUT2D eigenvalue weighted by molar-refractivity contribution is 7.91. The lowest BCUT2D eigenvalue weighted by atomic mass is 10.2. The van der Waals surface area contributed by atoms with Gasteiger partial charge in [0.1, 0.15) is 6.54 Å². The summed E-state index contributed by atoms with van der Waals surface area (Å²) in [7, 11) is -3.73. The third kappa shape index (κ3) is 4.17. The van der Waals surface area contributed by atoms with Crippen molar-refractivity contribution >= 4 is 38.2 Å². The van der Waals surface area contributed by atoms with Crippen molar-refractivity contribution in [3.63, 3.8) is 0 Å². The second-order valence-electron chi connectivity index (χ2n) is 6.79. The Hall–Kier alpha value is -2.31. The normalized spacial score (nSPS) is 11.9. The standard InChI is InChI=1S/C20H21ClN2O3S/c1-14(2)11-22-20(24)13-23-12-19(17-5-3-4-6-18(17)23)27(25,26)16-9-7-15(21)8-10-16/h3-10,12,14H,11,13H2,1-2H3,(H,22,24). The number of hydrogen-bond acceptors (Lipinski definition) is 3. The molecule has 0 aliphatic carbocycles. The summed E-state index contributed by atoms with van der Waals surface area (Å²) in [6, 6.07) is 13.2. The molecule has 27 heavy (non-hydrogen) atoms. The maximum atomic E-state index is 13.1. The fourth-order valence-electron chi connectivity index (χ4n) is 2.83. The van der Waals surface area contributed by atoms with Gasteiger partial charge in [0.15, 0.2) is 0 Å². The van der Waals surface area contributed by atoms with Gasteiger partial charge in [-0.2, -0.15) is 0 Å². The molecule has 0 saturated heterocycles. The van der Waals surface area contributed by atoms with Gasteiger partial charge in [0.2, 0.25) is 15.7 Å². The number of benzene rings is 2. The summed E-state index contributed by atoms with van der Waals surface area (Å²) >= 11 is 5.87. The van der Waals surface area contributed by atoms with E-state index in [0.717, 1.165) is 0 Å². The molecule has 3 rings (SSSR count). The van der Waals surface area contributed by atoms with E-state index in [1.165, 1.54) is 18.3 Å². The average molecular weight is 405 g/mol. The largest absolute Gasteiger partial charge is 0.354 e. The van der Waals surface area contributed by atoms with Crippen molar-refractivity contribution < 1.29 is 13.2 Å². The number of carbonyl (C=O) groups is 1. The van der Waals surface area contributed by atoms with Gasteiger partial charge in [0.05, 0.1) is 9.79 Å². The summed E-state index contributed by atoms with van der Waals surface area (Å²) in [6.45, 7) is 4.67. The molecule has 1 aromatic heterocycles. The fourth-order valence-corrected chi connectivity index (χ4v) is 4.43. The number of rotatable bonds is 6. The third-order valence-corrected chi connectivity index (χ3v) is 6.24. The molecule has 3 aromatic rings. The molecule has 0 saturated carbocycles. The van der Waals surface area contributed by atoms with Gasteiger partial charge in [-0.1, -0.05) is 43.6 Å². The first-order valence-electron chi connectivity index (χ1n) is 8.64. The van der Waals surface area contributed by atoms with E-state index in [4.69, 9.17) is 11.6 Å². The molecule has 1 amide bonds. The minimum atomic E-state index is -3.73. The molecule has 142 valence electrons. The predicted molar refractivity (Wildman–Crippen MR) is 107 cm³/mol. The summed E-state index contributed by atoms with van der Waals surface area (Å²) in [6.07, 6.45) is 1.53. The van der Waals surface area contributed by atoms with Crippen molar-refractivity contribution in [2.45, 2.75) is 30.2 Å². The van der Waals surface area contributed by atoms with Crippen molar-refractivity contribution in [1.29, 1.82) is 0 Å². The zero-order valence-electron chi connectivity index (χ0n) is 15.1. The number of nitrogens with zero attached hydrogens (tertiary/aromatic N) is 1. The molecule has 0 spiro atoms. The van der Waals surface area contributed by atoms with Crippen LogP contribution >= 0.6 is 11.6 Å². The van der Waals surface area contributed by atoms with Crippen LogP contribution in [-0.4, -0.2) is 25.4 Å². The second-order valence-corrected chi connectivity index (χ2v) is 9.15. The summed E-state index contributed by atoms with van der Waals surface area (Å²) in [5.41, 5.74) is 0.699. The lowest BCUT2D eigenvalue weighted by molar-refractivity contribution is -0.121. The van der Waals surface area contributed by atoms with Crippen LogP contribution in [0.15, 0.2) is 64.5 Å². The smallest absolute Gasteiger partial charge is 0.239 e. The minimum absolute atomic E-state index is 0.0589. The highest BCUT2D eigenvalue weighted by Gasteiger charge is 2.23. The monoisotopic (exact) mass is 404 g/mol. The minimum Gasteiger partial charge on any atom is -0.354 e. The fraction of sp³-hybridized carbons (Fsp3) is 0.250. The van der Waals surface area contributed by atoms with E-state index in [9.17, 15) is 13.2 Å². The molecule has 1 N–H and O–H groups in total. The third-order valence-electron chi connectivity index (χ3n) is 4.19. The SMILES string of the molecule is CC(C)CNC(=O)Cn1cc(S(=O)(=O)c2ccc(Cl)cc2)c2ccccc21. The van der Waals surface area contributed by atoms with Gasteiger partial charge >= 0.3 is 0 Å². The number of nitrogens with one attached hydrogen (secondary N) is 1. The van der Waals surface area contributed by atoms with Crippen molar-refractivity contribution in [1.82, 2.24) is 9.88 Å². The molecule has 0 aliphatic rings. The Kier molecular flexibility index (Phi) is 5.58. The molecule has 0 bridgehead atoms. The van der Waals surface area contributed by atoms with Gasteiger partial charge in [0.25, 0.3) is 0 Å². The van der Waals surface area contributed by atoms with E-state index in [2.05, 4.69) is 5.32 Å². The topological polar surface area (TPSA) is 68.2 Å². The summed E-state index contributed by atoms with van der Waals surface area (Å²) in [5.74, 6) is 0.191. The van der Waals surface area contributed by atoms with Crippen LogP contribution in [0.25, 0.3) is 10.9 Å². The molecule has 0 unspecified atom stereocenters. The maximum Gasteiger partial charge on any atom is 0.239 e. The molecule has 0 atom stereocenters. The van der Waals surface area contributed by atoms with E-state index in [1.54, 1.807) is 28.8 Å². The van der Waals surface area contributed by atoms with Crippen LogP contribution in [0, 0.1) is 5.92 Å². The van der Waals surface area contributed by atoms with Gasteiger partial charge in [-0.3, -0.25) is 4.79 Å². The second kappa shape index (κ2) is 7.74. The number of para-hydroxylation sites is 1. The number of amides is 1. The van der Waals surface area contributed by atoms with Crippen LogP contribution in [0.2, 0.25) is 5.02 Å². The number of halogens is 1. The Balaban J connectivity index is 2.02. The van der Waals surface area contributed by atoms with Crippen LogP contribution in [0.5, 0.6) is 0 Å². The Morgan fingerprint density at radius 3 is 2.44 bits per heavy atom. The van der Waals surface area contributed by atoms with Gasteiger partial charge in [-0.25, -0.2) is 8.42 Å². The molecule has 0 aliphatic heterocycles. The highest BCUT2D eigenvalue weighted by atomic mass is 35.5. The number of sulfone groups is 1. The first-order valence-corrected chi connectivity index (χ1v) is 10.5. The van der Waals surface area contributed by atoms with Crippen LogP contribution < -0.4 is 5.32 Å². The number of hydrogen-bond donors (Lipinski definition) is 1. The molecule has 0 radical (unpaired) electrons. The maximum absolute atomic E-state index is 13.1. The Morgan fingerprint density at radius 1 is 1.11 bits per heavy atom. The molecular weight excluding hydrogens is 384 g/mol. The molecule has 1 heterocycles. The van der Waals surface area contributed by atoms with Gasteiger partial charge in [-0.05, 0) is 36.2 Å². The van der Waals surface area contributed by atoms with Crippen LogP contribution in [0.1, 0.15) is 13.8 Å². The molecule has 0 fully saturated rings. The number of fused-ring (bicyclic) bond motifs is 1. The Bertz CT molecular complexity index is 1070. The quantitative estimate of drug-likeness (QED) is 0.677. The van der Waals surface area contributed by atoms with Crippen molar-refractivity contribution in [2.24, 2.45) is 5.92 Å². The zero-order chi connectivity index (χ0) is 19.6. The van der Waals surface area contributed by atoms with Gasteiger partial charge < -0.3 is 9.88 Å². The van der Waals surface area contributed by atoms with Crippen molar-refractivity contribution in [3.05, 3.63) is 59.8 Å². The average Bonchev–Trinajstić information content (AvgIpc) is 3.00. The Morgan fingerprint density at radius 2 is 1.78 bits per heavy atom. The number of carbonyl (C=O) groups excluding carboxylic acids is 1. The zero-order valence-corrected chi connectivity index (χ0v) is 16.7. The molecule has 7 heteroatoms. The lowest BCUT2D eigenvalue weighted by Crippen LogP contribution is -2.30. The van der Waals surface area contributed by atoms with Crippen molar-refractivity contribution in [2.75, 3.05) is 6.54 Å². The van der Waals surface area contributed by atoms with Crippen LogP contribution in [0.4, 0.5) is 0 Å². The summed E-state index contributed by atoms with van der Waals surface area (Å²) in [4.78, 5) is 12.6. The first kappa shape index (κ1) is 19.5. The Labute approximate surface area is 163 Å². The molecule has 2 aromatic carbocycles. The van der Waals surface area contributed by atoms with Crippen molar-refractivity contribution in [3.8, 4) is 0 Å². The summed E-state index contributed by atoms with van der Waals surface area (Å²) in [5, 5.41) is 3.92. The molecule has 5 nitrogen and oxygen atoms in total. The summed E-state index contributed by atoms with van der Waals surface area (Å²) < 4.78 is 27.9. The van der Waals surface area contributed by atoms with Gasteiger partial charge in [0, 0.05) is 28.7 Å². The first-order chi connectivity index (χ1) is 12.8. The van der Waals surface area contributed by atoms with E-state index >= 15 is 0 Å². The lowest BCUT2D eigenvalue weighted by Gasteiger charge is -2.09. The van der Waals surface area contributed by atoms with E-state index < -0.39 is 9.84 Å². The van der Waals surface area contributed by atoms with Crippen LogP contribution in [0.3, 0.4) is 0 Å². The predicted octanol–water partition coefficient (Wildman–Crippen LogP) is 3.90. The van der Waals surface area contributed by atoms with E-state index in [-0.39, 0.29) is 22.2 Å². The highest BCUT2D eigenvalue weighted by Crippen LogP contribution is 2.30. The van der Waals surface area contributed by atoms with Crippen LogP contribution in [-0.2, 0) is 21.2 Å². The number of aromatic nitrogens is 1. The molecular formula is C20H21ClN2O3S.